The van der Waals surface area contributed by atoms with E-state index in [4.69, 9.17) is 9.47 Å². The van der Waals surface area contributed by atoms with Crippen molar-refractivity contribution in [3.63, 3.8) is 0 Å². The Kier molecular flexibility index (Phi) is 5.91. The minimum atomic E-state index is -0.516. The van der Waals surface area contributed by atoms with Gasteiger partial charge >= 0.3 is 6.09 Å². The Hall–Kier alpha value is -2.69. The van der Waals surface area contributed by atoms with Gasteiger partial charge in [-0.1, -0.05) is 12.1 Å². The third-order valence-corrected chi connectivity index (χ3v) is 3.51. The topological polar surface area (TPSA) is 59.6 Å². The van der Waals surface area contributed by atoms with Crippen molar-refractivity contribution in [2.75, 3.05) is 17.7 Å². The van der Waals surface area contributed by atoms with Crippen molar-refractivity contribution < 1.29 is 14.3 Å². The fraction of sp³-hybridized carbons (Fsp3) is 0.350. The van der Waals surface area contributed by atoms with Gasteiger partial charge in [-0.15, -0.1) is 0 Å². The zero-order valence-electron chi connectivity index (χ0n) is 15.4. The number of rotatable bonds is 5. The van der Waals surface area contributed by atoms with Gasteiger partial charge < -0.3 is 14.8 Å². The van der Waals surface area contributed by atoms with Crippen molar-refractivity contribution in [1.82, 2.24) is 0 Å². The lowest BCUT2D eigenvalue weighted by Crippen LogP contribution is -2.27. The first-order valence-corrected chi connectivity index (χ1v) is 8.27. The van der Waals surface area contributed by atoms with Gasteiger partial charge in [-0.2, -0.15) is 0 Å². The molecule has 0 radical (unpaired) electrons. The molecule has 0 bridgehead atoms. The van der Waals surface area contributed by atoms with E-state index in [2.05, 4.69) is 23.6 Å². The molecule has 0 fully saturated rings. The monoisotopic (exact) mass is 342 g/mol. The molecule has 1 amide bonds. The molecule has 2 N–H and O–H groups in total. The molecule has 2 aromatic rings. The molecule has 0 saturated heterocycles. The lowest BCUT2D eigenvalue weighted by atomic mass is 10.1. The summed E-state index contributed by atoms with van der Waals surface area (Å²) in [6, 6.07) is 15.6. The maximum Gasteiger partial charge on any atom is 0.412 e. The van der Waals surface area contributed by atoms with E-state index in [-0.39, 0.29) is 6.04 Å². The van der Waals surface area contributed by atoms with E-state index in [1.165, 1.54) is 0 Å². The maximum absolute atomic E-state index is 11.8. The summed E-state index contributed by atoms with van der Waals surface area (Å²) in [6.07, 6.45) is -0.460. The molecule has 0 aromatic heterocycles. The summed E-state index contributed by atoms with van der Waals surface area (Å²) in [5.41, 5.74) is 2.27. The van der Waals surface area contributed by atoms with Crippen LogP contribution in [0.3, 0.4) is 0 Å². The third-order valence-electron chi connectivity index (χ3n) is 3.51. The lowest BCUT2D eigenvalue weighted by Gasteiger charge is -2.20. The van der Waals surface area contributed by atoms with Crippen LogP contribution in [-0.4, -0.2) is 18.8 Å². The molecule has 0 aliphatic carbocycles. The van der Waals surface area contributed by atoms with Crippen LogP contribution in [0, 0.1) is 0 Å². The molecule has 134 valence electrons. The summed E-state index contributed by atoms with van der Waals surface area (Å²) in [5, 5.41) is 6.15. The van der Waals surface area contributed by atoms with Crippen LogP contribution in [0.2, 0.25) is 0 Å². The van der Waals surface area contributed by atoms with Crippen molar-refractivity contribution in [2.45, 2.75) is 39.3 Å². The van der Waals surface area contributed by atoms with Gasteiger partial charge in [0.2, 0.25) is 0 Å². The first-order chi connectivity index (χ1) is 11.8. The quantitative estimate of drug-likeness (QED) is 0.782. The van der Waals surface area contributed by atoms with Crippen LogP contribution in [0.25, 0.3) is 0 Å². The summed E-state index contributed by atoms with van der Waals surface area (Å²) in [7, 11) is 1.66. The van der Waals surface area contributed by atoms with E-state index < -0.39 is 11.7 Å². The number of benzene rings is 2. The summed E-state index contributed by atoms with van der Waals surface area (Å²) in [6.45, 7) is 7.58. The molecule has 0 aliphatic heterocycles. The summed E-state index contributed by atoms with van der Waals surface area (Å²) >= 11 is 0. The first kappa shape index (κ1) is 18.6. The Labute approximate surface area is 149 Å². The Balaban J connectivity index is 1.96. The van der Waals surface area contributed by atoms with Gasteiger partial charge in [-0.05, 0) is 69.7 Å². The van der Waals surface area contributed by atoms with E-state index in [0.717, 1.165) is 17.0 Å². The largest absolute Gasteiger partial charge is 0.497 e. The molecule has 2 rings (SSSR count). The van der Waals surface area contributed by atoms with Crippen LogP contribution < -0.4 is 15.4 Å². The molecule has 25 heavy (non-hydrogen) atoms. The van der Waals surface area contributed by atoms with Gasteiger partial charge in [0.05, 0.1) is 7.11 Å². The average molecular weight is 342 g/mol. The van der Waals surface area contributed by atoms with Crippen LogP contribution in [-0.2, 0) is 4.74 Å². The number of amides is 1. The fourth-order valence-corrected chi connectivity index (χ4v) is 2.32. The van der Waals surface area contributed by atoms with Crippen molar-refractivity contribution >= 4 is 17.5 Å². The molecular weight excluding hydrogens is 316 g/mol. The minimum Gasteiger partial charge on any atom is -0.497 e. The smallest absolute Gasteiger partial charge is 0.412 e. The molecular formula is C20H26N2O3. The number of ether oxygens (including phenoxy) is 2. The van der Waals surface area contributed by atoms with Crippen molar-refractivity contribution in [2.24, 2.45) is 0 Å². The van der Waals surface area contributed by atoms with Gasteiger partial charge in [0.25, 0.3) is 0 Å². The highest BCUT2D eigenvalue weighted by Crippen LogP contribution is 2.23. The Bertz CT molecular complexity index is 706. The van der Waals surface area contributed by atoms with Gasteiger partial charge in [0, 0.05) is 17.4 Å². The molecule has 5 heteroatoms. The molecule has 2 aromatic carbocycles. The van der Waals surface area contributed by atoms with E-state index in [0.29, 0.717) is 5.69 Å². The second-order valence-electron chi connectivity index (χ2n) is 6.85. The van der Waals surface area contributed by atoms with Gasteiger partial charge in [0.15, 0.2) is 0 Å². The average Bonchev–Trinajstić information content (AvgIpc) is 2.55. The Morgan fingerprint density at radius 2 is 1.68 bits per heavy atom. The zero-order valence-corrected chi connectivity index (χ0v) is 15.4. The highest BCUT2D eigenvalue weighted by atomic mass is 16.6. The highest BCUT2D eigenvalue weighted by Gasteiger charge is 2.16. The van der Waals surface area contributed by atoms with E-state index in [1.807, 2.05) is 63.2 Å². The first-order valence-electron chi connectivity index (χ1n) is 8.27. The minimum absolute atomic E-state index is 0.125. The van der Waals surface area contributed by atoms with E-state index in [1.54, 1.807) is 7.11 Å². The van der Waals surface area contributed by atoms with Crippen LogP contribution in [0.1, 0.15) is 39.3 Å². The second-order valence-corrected chi connectivity index (χ2v) is 6.85. The van der Waals surface area contributed by atoms with Crippen LogP contribution in [0.4, 0.5) is 16.2 Å². The molecule has 0 spiro atoms. The predicted molar refractivity (Wildman–Crippen MR) is 101 cm³/mol. The fourth-order valence-electron chi connectivity index (χ4n) is 2.32. The highest BCUT2D eigenvalue weighted by molar-refractivity contribution is 5.85. The molecule has 1 atom stereocenters. The second kappa shape index (κ2) is 7.92. The maximum atomic E-state index is 11.8. The Morgan fingerprint density at radius 3 is 2.28 bits per heavy atom. The molecule has 0 aliphatic rings. The molecule has 0 heterocycles. The number of methoxy groups -OCH3 is 1. The summed E-state index contributed by atoms with van der Waals surface area (Å²) in [4.78, 5) is 11.8. The normalized spacial score (nSPS) is 12.2. The van der Waals surface area contributed by atoms with Crippen LogP contribution in [0.5, 0.6) is 5.75 Å². The third kappa shape index (κ3) is 6.03. The van der Waals surface area contributed by atoms with Crippen LogP contribution in [0.15, 0.2) is 48.5 Å². The summed E-state index contributed by atoms with van der Waals surface area (Å²) < 4.78 is 10.5. The van der Waals surface area contributed by atoms with Gasteiger partial charge in [0.1, 0.15) is 11.4 Å². The number of nitrogens with one attached hydrogen (secondary N) is 2. The number of carbonyl (C=O) groups is 1. The Morgan fingerprint density at radius 1 is 1.04 bits per heavy atom. The number of carbonyl (C=O) groups excluding carboxylic acids is 1. The van der Waals surface area contributed by atoms with Crippen molar-refractivity contribution in [1.29, 1.82) is 0 Å². The number of anilines is 2. The molecule has 1 unspecified atom stereocenters. The number of hydrogen-bond acceptors (Lipinski definition) is 4. The molecule has 5 nitrogen and oxygen atoms in total. The zero-order chi connectivity index (χ0) is 18.4. The van der Waals surface area contributed by atoms with Gasteiger partial charge in [-0.3, -0.25) is 5.32 Å². The van der Waals surface area contributed by atoms with Crippen LogP contribution >= 0.6 is 0 Å². The SMILES string of the molecule is COc1cccc(C(C)Nc2ccc(NC(=O)OC(C)(C)C)cc2)c1. The predicted octanol–water partition coefficient (Wildman–Crippen LogP) is 5.22. The van der Waals surface area contributed by atoms with E-state index in [9.17, 15) is 4.79 Å². The summed E-state index contributed by atoms with van der Waals surface area (Å²) in [5.74, 6) is 0.836. The number of hydrogen-bond donors (Lipinski definition) is 2. The van der Waals surface area contributed by atoms with Crippen molar-refractivity contribution in [3.05, 3.63) is 54.1 Å². The van der Waals surface area contributed by atoms with E-state index >= 15 is 0 Å². The molecule has 0 saturated carbocycles. The van der Waals surface area contributed by atoms with Gasteiger partial charge in [-0.25, -0.2) is 4.79 Å². The standard InChI is InChI=1S/C20H26N2O3/c1-14(15-7-6-8-18(13-15)24-5)21-16-9-11-17(12-10-16)22-19(23)25-20(2,3)4/h6-14,21H,1-5H3,(H,22,23). The lowest BCUT2D eigenvalue weighted by molar-refractivity contribution is 0.0636. The van der Waals surface area contributed by atoms with Crippen molar-refractivity contribution in [3.8, 4) is 5.75 Å².